The first-order valence-corrected chi connectivity index (χ1v) is 8.54. The summed E-state index contributed by atoms with van der Waals surface area (Å²) in [6.07, 6.45) is 1.69. The molecule has 4 nitrogen and oxygen atoms in total. The molecule has 2 aromatic rings. The van der Waals surface area contributed by atoms with Gasteiger partial charge in [-0.25, -0.2) is 18.1 Å². The summed E-state index contributed by atoms with van der Waals surface area (Å²) in [5.74, 6) is 0. The minimum Gasteiger partial charge on any atom is -0.250 e. The van der Waals surface area contributed by atoms with E-state index in [4.69, 9.17) is 0 Å². The van der Waals surface area contributed by atoms with Crippen molar-refractivity contribution in [2.45, 2.75) is 17.7 Å². The van der Waals surface area contributed by atoms with Crippen LogP contribution in [0.5, 0.6) is 0 Å². The van der Waals surface area contributed by atoms with Gasteiger partial charge < -0.3 is 0 Å². The fourth-order valence-corrected chi connectivity index (χ4v) is 5.05. The van der Waals surface area contributed by atoms with Gasteiger partial charge in [-0.1, -0.05) is 0 Å². The molecule has 92 valence electrons. The van der Waals surface area contributed by atoms with Crippen LogP contribution in [0.2, 0.25) is 0 Å². The zero-order chi connectivity index (χ0) is 12.5. The first-order chi connectivity index (χ1) is 7.97. The van der Waals surface area contributed by atoms with Crippen LogP contribution in [-0.4, -0.2) is 13.4 Å². The lowest BCUT2D eigenvalue weighted by Crippen LogP contribution is -2.21. The molecule has 2 rings (SSSR count). The van der Waals surface area contributed by atoms with Gasteiger partial charge in [-0.05, 0) is 35.0 Å². The number of hydrogen-bond donors (Lipinski definition) is 1. The van der Waals surface area contributed by atoms with Crippen molar-refractivity contribution in [3.8, 4) is 0 Å². The summed E-state index contributed by atoms with van der Waals surface area (Å²) in [6, 6.07) is 3.30. The van der Waals surface area contributed by atoms with Crippen molar-refractivity contribution in [2.75, 3.05) is 0 Å². The highest BCUT2D eigenvalue weighted by atomic mass is 79.9. The maximum Gasteiger partial charge on any atom is 0.250 e. The fraction of sp³-hybridized carbons (Fsp3) is 0.222. The maximum absolute atomic E-state index is 11.9. The van der Waals surface area contributed by atoms with Gasteiger partial charge >= 0.3 is 0 Å². The summed E-state index contributed by atoms with van der Waals surface area (Å²) >= 11 is 5.92. The first-order valence-electron chi connectivity index (χ1n) is 4.64. The summed E-state index contributed by atoms with van der Waals surface area (Å²) in [7, 11) is -3.41. The standard InChI is InChI=1S/C9H9BrN2O2S3/c1-6-11-4-7(15-6)5-12-17(13,14)9-3-2-8(10)16-9/h2-4,12H,5H2,1H3. The Morgan fingerprint density at radius 1 is 1.41 bits per heavy atom. The van der Waals surface area contributed by atoms with Crippen molar-refractivity contribution in [2.24, 2.45) is 0 Å². The quantitative estimate of drug-likeness (QED) is 0.920. The predicted octanol–water partition coefficient (Wildman–Crippen LogP) is 2.75. The predicted molar refractivity (Wildman–Crippen MR) is 72.9 cm³/mol. The zero-order valence-corrected chi connectivity index (χ0v) is 12.8. The van der Waals surface area contributed by atoms with E-state index in [0.717, 1.165) is 13.7 Å². The Kier molecular flexibility index (Phi) is 3.99. The van der Waals surface area contributed by atoms with Gasteiger partial charge in [-0.15, -0.1) is 22.7 Å². The van der Waals surface area contributed by atoms with Gasteiger partial charge in [-0.3, -0.25) is 0 Å². The smallest absolute Gasteiger partial charge is 0.250 e. The molecule has 0 spiro atoms. The average molecular weight is 353 g/mol. The molecule has 0 bridgehead atoms. The number of nitrogens with zero attached hydrogens (tertiary/aromatic N) is 1. The van der Waals surface area contributed by atoms with E-state index < -0.39 is 10.0 Å². The van der Waals surface area contributed by atoms with Crippen LogP contribution in [0.15, 0.2) is 26.3 Å². The second-order valence-electron chi connectivity index (χ2n) is 3.23. The van der Waals surface area contributed by atoms with Crippen LogP contribution in [0, 0.1) is 6.92 Å². The molecule has 0 aromatic carbocycles. The Morgan fingerprint density at radius 2 is 2.18 bits per heavy atom. The van der Waals surface area contributed by atoms with Crippen LogP contribution >= 0.6 is 38.6 Å². The number of nitrogens with one attached hydrogen (secondary N) is 1. The first kappa shape index (κ1) is 13.2. The number of aromatic nitrogens is 1. The lowest BCUT2D eigenvalue weighted by molar-refractivity contribution is 0.584. The highest BCUT2D eigenvalue weighted by Crippen LogP contribution is 2.26. The van der Waals surface area contributed by atoms with Gasteiger partial charge in [0, 0.05) is 17.6 Å². The molecule has 0 aliphatic carbocycles. The van der Waals surface area contributed by atoms with Crippen LogP contribution in [0.3, 0.4) is 0 Å². The minimum atomic E-state index is -3.41. The second kappa shape index (κ2) is 5.15. The molecular weight excluding hydrogens is 344 g/mol. The monoisotopic (exact) mass is 352 g/mol. The molecule has 0 aliphatic rings. The third-order valence-electron chi connectivity index (χ3n) is 1.92. The largest absolute Gasteiger partial charge is 0.250 e. The third kappa shape index (κ3) is 3.35. The fourth-order valence-electron chi connectivity index (χ4n) is 1.17. The van der Waals surface area contributed by atoms with Gasteiger partial charge in [0.2, 0.25) is 10.0 Å². The van der Waals surface area contributed by atoms with E-state index in [1.165, 1.54) is 22.7 Å². The van der Waals surface area contributed by atoms with Crippen molar-refractivity contribution in [3.63, 3.8) is 0 Å². The number of sulfonamides is 1. The van der Waals surface area contributed by atoms with Gasteiger partial charge in [0.15, 0.2) is 0 Å². The number of thiophene rings is 1. The summed E-state index contributed by atoms with van der Waals surface area (Å²) in [4.78, 5) is 4.98. The molecular formula is C9H9BrN2O2S3. The molecule has 0 unspecified atom stereocenters. The molecule has 2 heterocycles. The summed E-state index contributed by atoms with van der Waals surface area (Å²) in [5, 5.41) is 0.929. The van der Waals surface area contributed by atoms with Gasteiger partial charge in [0.1, 0.15) is 4.21 Å². The van der Waals surface area contributed by atoms with Crippen LogP contribution in [-0.2, 0) is 16.6 Å². The van der Waals surface area contributed by atoms with Crippen molar-refractivity contribution in [1.29, 1.82) is 0 Å². The Labute approximate surface area is 116 Å². The SMILES string of the molecule is Cc1ncc(CNS(=O)(=O)c2ccc(Br)s2)s1. The van der Waals surface area contributed by atoms with Gasteiger partial charge in [0.05, 0.1) is 8.79 Å². The molecule has 8 heteroatoms. The topological polar surface area (TPSA) is 59.1 Å². The molecule has 0 amide bonds. The number of hydrogen-bond acceptors (Lipinski definition) is 5. The van der Waals surface area contributed by atoms with Gasteiger partial charge in [0.25, 0.3) is 0 Å². The summed E-state index contributed by atoms with van der Waals surface area (Å²) in [6.45, 7) is 2.17. The Hall–Kier alpha value is -0.280. The Morgan fingerprint density at radius 3 is 2.71 bits per heavy atom. The van der Waals surface area contributed by atoms with Gasteiger partial charge in [-0.2, -0.15) is 0 Å². The number of aryl methyl sites for hydroxylation is 1. The third-order valence-corrected chi connectivity index (χ3v) is 6.35. The molecule has 0 saturated carbocycles. The highest BCUT2D eigenvalue weighted by Gasteiger charge is 2.16. The molecule has 2 aromatic heterocycles. The van der Waals surface area contributed by atoms with E-state index in [9.17, 15) is 8.42 Å². The molecule has 0 fully saturated rings. The lowest BCUT2D eigenvalue weighted by Gasteiger charge is -2.01. The van der Waals surface area contributed by atoms with E-state index in [1.54, 1.807) is 18.3 Å². The van der Waals surface area contributed by atoms with Crippen molar-refractivity contribution in [3.05, 3.63) is 32.0 Å². The van der Waals surface area contributed by atoms with Crippen molar-refractivity contribution < 1.29 is 8.42 Å². The number of halogens is 1. The number of rotatable bonds is 4. The van der Waals surface area contributed by atoms with Crippen molar-refractivity contribution in [1.82, 2.24) is 9.71 Å². The maximum atomic E-state index is 11.9. The number of thiazole rings is 1. The van der Waals surface area contributed by atoms with E-state index in [-0.39, 0.29) is 6.54 Å². The normalized spacial score (nSPS) is 11.9. The lowest BCUT2D eigenvalue weighted by atomic mass is 10.6. The minimum absolute atomic E-state index is 0.281. The van der Waals surface area contributed by atoms with Crippen LogP contribution in [0.4, 0.5) is 0 Å². The zero-order valence-electron chi connectivity index (χ0n) is 8.81. The Balaban J connectivity index is 2.08. The molecule has 0 radical (unpaired) electrons. The molecule has 0 aliphatic heterocycles. The van der Waals surface area contributed by atoms with E-state index >= 15 is 0 Å². The second-order valence-corrected chi connectivity index (χ2v) is 9.00. The Bertz CT molecular complexity index is 618. The van der Waals surface area contributed by atoms with E-state index in [0.29, 0.717) is 4.21 Å². The van der Waals surface area contributed by atoms with Crippen molar-refractivity contribution >= 4 is 48.6 Å². The average Bonchev–Trinajstić information content (AvgIpc) is 2.85. The van der Waals surface area contributed by atoms with E-state index in [2.05, 4.69) is 25.6 Å². The molecule has 1 N–H and O–H groups in total. The summed E-state index contributed by atoms with van der Waals surface area (Å²) in [5.41, 5.74) is 0. The van der Waals surface area contributed by atoms with Crippen LogP contribution in [0.25, 0.3) is 0 Å². The molecule has 0 saturated heterocycles. The van der Waals surface area contributed by atoms with Crippen LogP contribution in [0.1, 0.15) is 9.88 Å². The van der Waals surface area contributed by atoms with Crippen LogP contribution < -0.4 is 4.72 Å². The summed E-state index contributed by atoms with van der Waals surface area (Å²) < 4.78 is 27.4. The molecule has 0 atom stereocenters. The van der Waals surface area contributed by atoms with E-state index in [1.807, 2.05) is 6.92 Å². The highest BCUT2D eigenvalue weighted by molar-refractivity contribution is 9.11. The molecule has 17 heavy (non-hydrogen) atoms.